The van der Waals surface area contributed by atoms with E-state index in [9.17, 15) is 4.79 Å². The van der Waals surface area contributed by atoms with E-state index in [1.165, 1.54) is 5.56 Å². The summed E-state index contributed by atoms with van der Waals surface area (Å²) in [7, 11) is 0. The van der Waals surface area contributed by atoms with Crippen molar-refractivity contribution in [1.82, 2.24) is 0 Å². The van der Waals surface area contributed by atoms with Crippen LogP contribution in [0.2, 0.25) is 5.02 Å². The summed E-state index contributed by atoms with van der Waals surface area (Å²) in [4.78, 5) is 10.7. The van der Waals surface area contributed by atoms with Gasteiger partial charge in [-0.1, -0.05) is 41.9 Å². The molecule has 0 radical (unpaired) electrons. The predicted molar refractivity (Wildman–Crippen MR) is 87.7 cm³/mol. The molecule has 2 rings (SSSR count). The summed E-state index contributed by atoms with van der Waals surface area (Å²) in [6, 6.07) is 15.6. The lowest BCUT2D eigenvalue weighted by Crippen LogP contribution is -2.04. The van der Waals surface area contributed by atoms with Crippen molar-refractivity contribution in [2.24, 2.45) is 0 Å². The summed E-state index contributed by atoms with van der Waals surface area (Å²) in [5.74, 6) is -0.103. The first-order valence-corrected chi connectivity index (χ1v) is 7.70. The van der Waals surface area contributed by atoms with Crippen molar-refractivity contribution in [3.05, 3.63) is 64.7 Å². The average Bonchev–Trinajstić information content (AvgIpc) is 2.52. The van der Waals surface area contributed by atoms with Gasteiger partial charge in [0.2, 0.25) is 0 Å². The Labute approximate surface area is 135 Å². The van der Waals surface area contributed by atoms with Gasteiger partial charge in [0.25, 0.3) is 0 Å². The molecule has 2 aromatic carbocycles. The Morgan fingerprint density at radius 2 is 1.86 bits per heavy atom. The molecule has 0 aliphatic heterocycles. The molecule has 0 saturated heterocycles. The number of aryl methyl sites for hydroxylation is 2. The molecule has 22 heavy (non-hydrogen) atoms. The smallest absolute Gasteiger partial charge is 0.303 e. The molecule has 1 N–H and O–H groups in total. The zero-order valence-electron chi connectivity index (χ0n) is 12.3. The highest BCUT2D eigenvalue weighted by Gasteiger charge is 2.07. The van der Waals surface area contributed by atoms with Gasteiger partial charge in [0.15, 0.2) is 0 Å². The zero-order valence-corrected chi connectivity index (χ0v) is 13.1. The van der Waals surface area contributed by atoms with E-state index in [1.807, 2.05) is 24.3 Å². The highest BCUT2D eigenvalue weighted by molar-refractivity contribution is 6.30. The van der Waals surface area contributed by atoms with Crippen LogP contribution in [-0.2, 0) is 17.6 Å². The normalized spacial score (nSPS) is 10.4. The van der Waals surface area contributed by atoms with Crippen molar-refractivity contribution >= 4 is 17.6 Å². The summed E-state index contributed by atoms with van der Waals surface area (Å²) in [5, 5.41) is 9.40. The number of rotatable bonds is 8. The molecule has 0 amide bonds. The van der Waals surface area contributed by atoms with Crippen molar-refractivity contribution < 1.29 is 14.6 Å². The molecular weight excluding hydrogens is 300 g/mol. The third-order valence-corrected chi connectivity index (χ3v) is 3.58. The predicted octanol–water partition coefficient (Wildman–Crippen LogP) is 4.37. The monoisotopic (exact) mass is 318 g/mol. The lowest BCUT2D eigenvalue weighted by atomic mass is 10.1. The van der Waals surface area contributed by atoms with Crippen LogP contribution < -0.4 is 4.74 Å². The molecule has 0 heterocycles. The number of hydrogen-bond acceptors (Lipinski definition) is 2. The molecule has 2 aromatic rings. The van der Waals surface area contributed by atoms with Crippen LogP contribution in [0.15, 0.2) is 48.5 Å². The number of carbonyl (C=O) groups is 1. The van der Waals surface area contributed by atoms with Gasteiger partial charge in [-0.2, -0.15) is 0 Å². The fourth-order valence-corrected chi connectivity index (χ4v) is 2.42. The van der Waals surface area contributed by atoms with Crippen molar-refractivity contribution in [1.29, 1.82) is 0 Å². The first-order valence-electron chi connectivity index (χ1n) is 7.32. The van der Waals surface area contributed by atoms with Gasteiger partial charge < -0.3 is 9.84 Å². The Bertz CT molecular complexity index is 611. The van der Waals surface area contributed by atoms with Crippen LogP contribution in [0.4, 0.5) is 0 Å². The molecule has 116 valence electrons. The minimum atomic E-state index is -0.824. The first-order chi connectivity index (χ1) is 10.6. The SMILES string of the molecule is O=C(O)CCc1cc(Cl)ccc1OCCCc1ccccc1. The Hall–Kier alpha value is -2.00. The van der Waals surface area contributed by atoms with Crippen LogP contribution in [0, 0.1) is 0 Å². The van der Waals surface area contributed by atoms with E-state index >= 15 is 0 Å². The molecule has 0 saturated carbocycles. The van der Waals surface area contributed by atoms with Crippen molar-refractivity contribution in [2.45, 2.75) is 25.7 Å². The minimum Gasteiger partial charge on any atom is -0.493 e. The molecule has 4 heteroatoms. The maximum atomic E-state index is 10.7. The maximum absolute atomic E-state index is 10.7. The van der Waals surface area contributed by atoms with E-state index in [-0.39, 0.29) is 6.42 Å². The molecular formula is C18H19ClO3. The zero-order chi connectivity index (χ0) is 15.8. The minimum absolute atomic E-state index is 0.0702. The lowest BCUT2D eigenvalue weighted by Gasteiger charge is -2.11. The van der Waals surface area contributed by atoms with E-state index < -0.39 is 5.97 Å². The van der Waals surface area contributed by atoms with E-state index in [0.29, 0.717) is 18.1 Å². The molecule has 0 aromatic heterocycles. The summed E-state index contributed by atoms with van der Waals surface area (Å²) in [6.45, 7) is 0.594. The summed E-state index contributed by atoms with van der Waals surface area (Å²) in [6.07, 6.45) is 2.36. The third kappa shape index (κ3) is 5.41. The molecule has 3 nitrogen and oxygen atoms in total. The number of hydrogen-bond donors (Lipinski definition) is 1. The van der Waals surface area contributed by atoms with Crippen LogP contribution in [0.25, 0.3) is 0 Å². The molecule has 0 atom stereocenters. The van der Waals surface area contributed by atoms with Crippen molar-refractivity contribution in [3.8, 4) is 5.75 Å². The van der Waals surface area contributed by atoms with Gasteiger partial charge in [-0.25, -0.2) is 0 Å². The van der Waals surface area contributed by atoms with Crippen molar-refractivity contribution in [3.63, 3.8) is 0 Å². The van der Waals surface area contributed by atoms with Crippen LogP contribution in [0.3, 0.4) is 0 Å². The Balaban J connectivity index is 1.87. The summed E-state index contributed by atoms with van der Waals surface area (Å²) < 4.78 is 5.79. The standard InChI is InChI=1S/C18H19ClO3/c19-16-9-10-17(15(13-16)8-11-18(20)21)22-12-4-7-14-5-2-1-3-6-14/h1-3,5-6,9-10,13H,4,7-8,11-12H2,(H,20,21). The number of ether oxygens (including phenoxy) is 1. The van der Waals surface area contributed by atoms with Crippen LogP contribution in [0.5, 0.6) is 5.75 Å². The molecule has 0 fully saturated rings. The van der Waals surface area contributed by atoms with Gasteiger partial charge >= 0.3 is 5.97 Å². The van der Waals surface area contributed by atoms with Gasteiger partial charge in [0, 0.05) is 11.4 Å². The number of carboxylic acids is 1. The fourth-order valence-electron chi connectivity index (χ4n) is 2.23. The molecule has 0 aliphatic rings. The average molecular weight is 319 g/mol. The molecule has 0 aliphatic carbocycles. The number of aliphatic carboxylic acids is 1. The first kappa shape index (κ1) is 16.4. The van der Waals surface area contributed by atoms with Gasteiger partial charge in [0.1, 0.15) is 5.75 Å². The molecule has 0 bridgehead atoms. The summed E-state index contributed by atoms with van der Waals surface area (Å²) >= 11 is 5.97. The third-order valence-electron chi connectivity index (χ3n) is 3.34. The van der Waals surface area contributed by atoms with E-state index in [4.69, 9.17) is 21.4 Å². The molecule has 0 spiro atoms. The molecule has 0 unspecified atom stereocenters. The van der Waals surface area contributed by atoms with Crippen LogP contribution >= 0.6 is 11.6 Å². The number of benzene rings is 2. The van der Waals surface area contributed by atoms with Gasteiger partial charge in [-0.15, -0.1) is 0 Å². The second-order valence-electron chi connectivity index (χ2n) is 5.08. The van der Waals surface area contributed by atoms with E-state index in [0.717, 1.165) is 24.2 Å². The topological polar surface area (TPSA) is 46.5 Å². The summed E-state index contributed by atoms with van der Waals surface area (Å²) in [5.41, 5.74) is 2.13. The largest absolute Gasteiger partial charge is 0.493 e. The van der Waals surface area contributed by atoms with Crippen molar-refractivity contribution in [2.75, 3.05) is 6.61 Å². The maximum Gasteiger partial charge on any atom is 0.303 e. The highest BCUT2D eigenvalue weighted by Crippen LogP contribution is 2.24. The van der Waals surface area contributed by atoms with E-state index in [2.05, 4.69) is 12.1 Å². The fraction of sp³-hybridized carbons (Fsp3) is 0.278. The van der Waals surface area contributed by atoms with E-state index in [1.54, 1.807) is 12.1 Å². The quantitative estimate of drug-likeness (QED) is 0.735. The second-order valence-corrected chi connectivity index (χ2v) is 5.52. The Morgan fingerprint density at radius 3 is 2.59 bits per heavy atom. The van der Waals surface area contributed by atoms with Gasteiger partial charge in [0.05, 0.1) is 6.61 Å². The van der Waals surface area contributed by atoms with Gasteiger partial charge in [-0.3, -0.25) is 4.79 Å². The highest BCUT2D eigenvalue weighted by atomic mass is 35.5. The van der Waals surface area contributed by atoms with Crippen LogP contribution in [-0.4, -0.2) is 17.7 Å². The Morgan fingerprint density at radius 1 is 1.09 bits per heavy atom. The number of halogens is 1. The van der Waals surface area contributed by atoms with Gasteiger partial charge in [-0.05, 0) is 48.6 Å². The second kappa shape index (κ2) is 8.44. The number of carboxylic acid groups (broad SMARTS) is 1. The lowest BCUT2D eigenvalue weighted by molar-refractivity contribution is -0.136. The van der Waals surface area contributed by atoms with Crippen LogP contribution in [0.1, 0.15) is 24.0 Å². The Kier molecular flexibility index (Phi) is 6.28.